The minimum Gasteiger partial charge on any atom is -0.432 e. The number of rotatable bonds is 6. The summed E-state index contributed by atoms with van der Waals surface area (Å²) in [5, 5.41) is 3.54. The van der Waals surface area contributed by atoms with E-state index in [0.29, 0.717) is 17.9 Å². The normalized spacial score (nSPS) is 22.6. The van der Waals surface area contributed by atoms with Crippen LogP contribution in [0.25, 0.3) is 33.3 Å². The third kappa shape index (κ3) is 3.81. The smallest absolute Gasteiger partial charge is 0.330 e. The maximum absolute atomic E-state index is 5.90. The fourth-order valence-corrected chi connectivity index (χ4v) is 6.75. The molecule has 3 aromatic carbocycles. The van der Waals surface area contributed by atoms with Crippen LogP contribution in [0, 0.1) is 0 Å². The molecule has 0 amide bonds. The first-order valence-corrected chi connectivity index (χ1v) is 13.6. The van der Waals surface area contributed by atoms with Gasteiger partial charge in [0, 0.05) is 6.10 Å². The first-order valence-electron chi connectivity index (χ1n) is 13.6. The summed E-state index contributed by atoms with van der Waals surface area (Å²) in [6.07, 6.45) is 6.52. The van der Waals surface area contributed by atoms with Gasteiger partial charge in [-0.1, -0.05) is 42.5 Å². The summed E-state index contributed by atoms with van der Waals surface area (Å²) in [4.78, 5) is 8.40. The molecule has 1 saturated carbocycles. The van der Waals surface area contributed by atoms with Crippen molar-refractivity contribution in [3.05, 3.63) is 71.5 Å². The molecule has 4 aromatic rings. The molecule has 4 nitrogen and oxygen atoms in total. The SMILES string of the molecule is CC(C)O[B]c1ccc(-c2ccc(-c3ccc4nc(C5CCCN5)[nH]c4c3)cc2)c2c1C1CCC2C1. The Bertz CT molecular complexity index is 1420. The zero-order chi connectivity index (χ0) is 24.2. The quantitative estimate of drug-likeness (QED) is 0.320. The van der Waals surface area contributed by atoms with Gasteiger partial charge < -0.3 is 15.0 Å². The highest BCUT2D eigenvalue weighted by molar-refractivity contribution is 6.48. The molecule has 3 unspecified atom stereocenters. The number of aromatic amines is 1. The van der Waals surface area contributed by atoms with Crippen LogP contribution in [0.5, 0.6) is 0 Å². The number of hydrogen-bond donors (Lipinski definition) is 2. The van der Waals surface area contributed by atoms with Gasteiger partial charge in [0.25, 0.3) is 0 Å². The molecule has 36 heavy (non-hydrogen) atoms. The highest BCUT2D eigenvalue weighted by Crippen LogP contribution is 2.55. The van der Waals surface area contributed by atoms with E-state index in [1.54, 1.807) is 11.1 Å². The minimum absolute atomic E-state index is 0.207. The van der Waals surface area contributed by atoms with E-state index in [4.69, 9.17) is 9.64 Å². The fourth-order valence-electron chi connectivity index (χ4n) is 6.75. The number of nitrogens with one attached hydrogen (secondary N) is 2. The number of nitrogens with zero attached hydrogens (tertiary/aromatic N) is 1. The van der Waals surface area contributed by atoms with Crippen molar-refractivity contribution in [3.8, 4) is 22.3 Å². The summed E-state index contributed by atoms with van der Waals surface area (Å²) in [6.45, 7) is 5.26. The van der Waals surface area contributed by atoms with Crippen molar-refractivity contribution < 1.29 is 4.65 Å². The van der Waals surface area contributed by atoms with Crippen LogP contribution in [0.15, 0.2) is 54.6 Å². The Morgan fingerprint density at radius 2 is 1.67 bits per heavy atom. The molecule has 3 atom stereocenters. The van der Waals surface area contributed by atoms with Crippen LogP contribution >= 0.6 is 0 Å². The van der Waals surface area contributed by atoms with Crippen LogP contribution in [0.3, 0.4) is 0 Å². The molecule has 5 heteroatoms. The summed E-state index contributed by atoms with van der Waals surface area (Å²) in [5.41, 5.74) is 11.8. The molecule has 2 fully saturated rings. The lowest BCUT2D eigenvalue weighted by molar-refractivity contribution is 0.260. The zero-order valence-corrected chi connectivity index (χ0v) is 21.2. The average molecular weight is 474 g/mol. The molecule has 0 spiro atoms. The molecule has 1 saturated heterocycles. The van der Waals surface area contributed by atoms with Gasteiger partial charge in [-0.05, 0) is 115 Å². The van der Waals surface area contributed by atoms with Gasteiger partial charge in [0.05, 0.1) is 17.1 Å². The Morgan fingerprint density at radius 1 is 0.889 bits per heavy atom. The van der Waals surface area contributed by atoms with E-state index < -0.39 is 0 Å². The second-order valence-corrected chi connectivity index (χ2v) is 11.1. The topological polar surface area (TPSA) is 49.9 Å². The van der Waals surface area contributed by atoms with Crippen LogP contribution in [0.2, 0.25) is 0 Å². The van der Waals surface area contributed by atoms with Gasteiger partial charge >= 0.3 is 7.48 Å². The second kappa shape index (κ2) is 8.90. The second-order valence-electron chi connectivity index (χ2n) is 11.1. The summed E-state index contributed by atoms with van der Waals surface area (Å²) >= 11 is 0. The maximum atomic E-state index is 5.90. The summed E-state index contributed by atoms with van der Waals surface area (Å²) in [6, 6.07) is 20.7. The number of H-pyrrole nitrogens is 1. The van der Waals surface area contributed by atoms with Gasteiger partial charge in [0.2, 0.25) is 0 Å². The Hall–Kier alpha value is -2.89. The number of imidazole rings is 1. The van der Waals surface area contributed by atoms with E-state index in [1.807, 2.05) is 7.48 Å². The molecule has 2 N–H and O–H groups in total. The number of aromatic nitrogens is 2. The van der Waals surface area contributed by atoms with E-state index >= 15 is 0 Å². The van der Waals surface area contributed by atoms with Crippen LogP contribution in [0.4, 0.5) is 0 Å². The summed E-state index contributed by atoms with van der Waals surface area (Å²) in [7, 11) is 2.00. The third-order valence-corrected chi connectivity index (χ3v) is 8.46. The van der Waals surface area contributed by atoms with E-state index in [9.17, 15) is 0 Å². The first-order chi connectivity index (χ1) is 17.6. The molecule has 2 bridgehead atoms. The molecule has 7 rings (SSSR count). The Balaban J connectivity index is 1.19. The van der Waals surface area contributed by atoms with Crippen molar-refractivity contribution in [1.29, 1.82) is 0 Å². The predicted octanol–water partition coefficient (Wildman–Crippen LogP) is 6.36. The third-order valence-electron chi connectivity index (χ3n) is 8.46. The number of benzene rings is 3. The highest BCUT2D eigenvalue weighted by atomic mass is 16.4. The molecule has 1 aliphatic heterocycles. The molecule has 1 aromatic heterocycles. The van der Waals surface area contributed by atoms with E-state index in [0.717, 1.165) is 29.8 Å². The minimum atomic E-state index is 0.207. The van der Waals surface area contributed by atoms with Crippen molar-refractivity contribution in [2.24, 2.45) is 0 Å². The number of fused-ring (bicyclic) bond motifs is 6. The fraction of sp³-hybridized carbons (Fsp3) is 0.387. The lowest BCUT2D eigenvalue weighted by atomic mass is 9.74. The molecule has 3 aliphatic rings. The molecular weight excluding hydrogens is 441 g/mol. The van der Waals surface area contributed by atoms with Gasteiger partial charge in [-0.15, -0.1) is 0 Å². The van der Waals surface area contributed by atoms with Crippen molar-refractivity contribution >= 4 is 24.0 Å². The lowest BCUT2D eigenvalue weighted by Crippen LogP contribution is -2.26. The van der Waals surface area contributed by atoms with Gasteiger partial charge in [-0.3, -0.25) is 0 Å². The Labute approximate surface area is 214 Å². The molecule has 181 valence electrons. The van der Waals surface area contributed by atoms with Crippen molar-refractivity contribution in [2.75, 3.05) is 6.54 Å². The average Bonchev–Trinajstić information content (AvgIpc) is 3.70. The van der Waals surface area contributed by atoms with Crippen LogP contribution in [-0.4, -0.2) is 30.1 Å². The monoisotopic (exact) mass is 474 g/mol. The molecule has 2 heterocycles. The first kappa shape index (κ1) is 22.3. The number of hydrogen-bond acceptors (Lipinski definition) is 3. The van der Waals surface area contributed by atoms with Crippen molar-refractivity contribution in [3.63, 3.8) is 0 Å². The molecule has 1 radical (unpaired) electrons. The van der Waals surface area contributed by atoms with Gasteiger partial charge in [0.15, 0.2) is 0 Å². The Morgan fingerprint density at radius 3 is 2.44 bits per heavy atom. The van der Waals surface area contributed by atoms with E-state index in [-0.39, 0.29) is 6.10 Å². The molecule has 2 aliphatic carbocycles. The van der Waals surface area contributed by atoms with Gasteiger partial charge in [-0.25, -0.2) is 4.98 Å². The van der Waals surface area contributed by atoms with Gasteiger partial charge in [-0.2, -0.15) is 0 Å². The maximum Gasteiger partial charge on any atom is 0.330 e. The van der Waals surface area contributed by atoms with Crippen LogP contribution in [0.1, 0.15) is 80.8 Å². The van der Waals surface area contributed by atoms with Crippen molar-refractivity contribution in [2.45, 2.75) is 69.9 Å². The van der Waals surface area contributed by atoms with Gasteiger partial charge in [0.1, 0.15) is 5.82 Å². The zero-order valence-electron chi connectivity index (χ0n) is 21.2. The van der Waals surface area contributed by atoms with Crippen molar-refractivity contribution in [1.82, 2.24) is 15.3 Å². The summed E-state index contributed by atoms with van der Waals surface area (Å²) < 4.78 is 5.90. The standard InChI is InChI=1S/C31H33BN3O/c1-18(2)36-32-25-13-12-24(29-22-9-10-23(16-22)30(25)29)20-7-5-19(6-8-20)21-11-14-26-28(17-21)35-31(34-26)27-4-3-15-33-27/h5-8,11-14,17-18,22-23,27,33H,3-4,9-10,15-16H2,1-2H3,(H,34,35). The molecular formula is C31H33BN3O. The van der Waals surface area contributed by atoms with E-state index in [1.165, 1.54) is 53.4 Å². The van der Waals surface area contributed by atoms with E-state index in [2.05, 4.69) is 78.7 Å². The summed E-state index contributed by atoms with van der Waals surface area (Å²) in [5.74, 6) is 2.45. The lowest BCUT2D eigenvalue weighted by Gasteiger charge is -2.23. The Kier molecular flexibility index (Phi) is 5.52. The van der Waals surface area contributed by atoms with Crippen LogP contribution in [-0.2, 0) is 4.65 Å². The largest absolute Gasteiger partial charge is 0.432 e. The predicted molar refractivity (Wildman–Crippen MR) is 148 cm³/mol. The van der Waals surface area contributed by atoms with Crippen LogP contribution < -0.4 is 10.8 Å². The highest BCUT2D eigenvalue weighted by Gasteiger charge is 2.40.